The lowest BCUT2D eigenvalue weighted by molar-refractivity contribution is 1.31. The SMILES string of the molecule is Nc1nc2ncc(Nc3ccccc3)cc2[nH]1. The molecule has 2 heterocycles. The number of nitrogens with two attached hydrogens (primary N) is 1. The summed E-state index contributed by atoms with van der Waals surface area (Å²) in [6, 6.07) is 11.8. The molecule has 17 heavy (non-hydrogen) atoms. The van der Waals surface area contributed by atoms with Gasteiger partial charge in [-0.15, -0.1) is 0 Å². The van der Waals surface area contributed by atoms with Crippen LogP contribution >= 0.6 is 0 Å². The minimum Gasteiger partial charge on any atom is -0.369 e. The van der Waals surface area contributed by atoms with Gasteiger partial charge in [0, 0.05) is 5.69 Å². The molecule has 0 fully saturated rings. The summed E-state index contributed by atoms with van der Waals surface area (Å²) < 4.78 is 0. The van der Waals surface area contributed by atoms with E-state index in [4.69, 9.17) is 5.73 Å². The maximum Gasteiger partial charge on any atom is 0.200 e. The molecule has 0 saturated heterocycles. The number of imidazole rings is 1. The third-order valence-corrected chi connectivity index (χ3v) is 2.42. The summed E-state index contributed by atoms with van der Waals surface area (Å²) in [7, 11) is 0. The Morgan fingerprint density at radius 1 is 1.12 bits per heavy atom. The summed E-state index contributed by atoms with van der Waals surface area (Å²) in [5.41, 5.74) is 8.93. The first-order valence-corrected chi connectivity index (χ1v) is 5.24. The highest BCUT2D eigenvalue weighted by Gasteiger charge is 2.02. The minimum absolute atomic E-state index is 0.379. The molecular weight excluding hydrogens is 214 g/mol. The summed E-state index contributed by atoms with van der Waals surface area (Å²) >= 11 is 0. The number of hydrogen-bond acceptors (Lipinski definition) is 4. The number of nitrogens with zero attached hydrogens (tertiary/aromatic N) is 2. The van der Waals surface area contributed by atoms with E-state index in [0.29, 0.717) is 11.6 Å². The quantitative estimate of drug-likeness (QED) is 0.625. The molecule has 0 saturated carbocycles. The molecule has 0 unspecified atom stereocenters. The maximum absolute atomic E-state index is 5.57. The number of anilines is 3. The Hall–Kier alpha value is -2.56. The van der Waals surface area contributed by atoms with Crippen LogP contribution in [0.25, 0.3) is 11.2 Å². The molecule has 5 nitrogen and oxygen atoms in total. The number of pyridine rings is 1. The molecular formula is C12H11N5. The van der Waals surface area contributed by atoms with Gasteiger partial charge < -0.3 is 16.0 Å². The van der Waals surface area contributed by atoms with Crippen LogP contribution in [0.2, 0.25) is 0 Å². The highest BCUT2D eigenvalue weighted by Crippen LogP contribution is 2.19. The zero-order valence-corrected chi connectivity index (χ0v) is 9.01. The number of aromatic amines is 1. The molecule has 2 aromatic heterocycles. The minimum atomic E-state index is 0.379. The molecule has 3 rings (SSSR count). The van der Waals surface area contributed by atoms with Crippen molar-refractivity contribution in [2.75, 3.05) is 11.1 Å². The molecule has 84 valence electrons. The van der Waals surface area contributed by atoms with Gasteiger partial charge in [0.05, 0.1) is 17.4 Å². The fourth-order valence-corrected chi connectivity index (χ4v) is 1.68. The van der Waals surface area contributed by atoms with Crippen molar-refractivity contribution in [2.24, 2.45) is 0 Å². The van der Waals surface area contributed by atoms with E-state index in [1.807, 2.05) is 36.4 Å². The number of H-pyrrole nitrogens is 1. The average Bonchev–Trinajstić information content (AvgIpc) is 2.70. The second-order valence-electron chi connectivity index (χ2n) is 3.71. The van der Waals surface area contributed by atoms with Gasteiger partial charge in [-0.2, -0.15) is 4.98 Å². The summed E-state index contributed by atoms with van der Waals surface area (Å²) in [6.07, 6.45) is 1.73. The number of nitrogen functional groups attached to an aromatic ring is 1. The van der Waals surface area contributed by atoms with Gasteiger partial charge in [-0.05, 0) is 18.2 Å². The predicted octanol–water partition coefficient (Wildman–Crippen LogP) is 2.28. The summed E-state index contributed by atoms with van der Waals surface area (Å²) in [5.74, 6) is 0.379. The third-order valence-electron chi connectivity index (χ3n) is 2.42. The van der Waals surface area contributed by atoms with E-state index in [1.165, 1.54) is 0 Å². The van der Waals surface area contributed by atoms with Gasteiger partial charge in [-0.25, -0.2) is 4.98 Å². The van der Waals surface area contributed by atoms with Gasteiger partial charge in [0.2, 0.25) is 0 Å². The molecule has 3 aromatic rings. The fraction of sp³-hybridized carbons (Fsp3) is 0. The van der Waals surface area contributed by atoms with Gasteiger partial charge in [0.1, 0.15) is 0 Å². The van der Waals surface area contributed by atoms with Gasteiger partial charge in [-0.3, -0.25) is 0 Å². The number of hydrogen-bond donors (Lipinski definition) is 3. The van der Waals surface area contributed by atoms with Crippen molar-refractivity contribution in [1.29, 1.82) is 0 Å². The van der Waals surface area contributed by atoms with Crippen LogP contribution in [0.3, 0.4) is 0 Å². The van der Waals surface area contributed by atoms with E-state index in [2.05, 4.69) is 20.3 Å². The average molecular weight is 225 g/mol. The van der Waals surface area contributed by atoms with E-state index in [1.54, 1.807) is 6.20 Å². The molecule has 0 aliphatic heterocycles. The number of benzene rings is 1. The molecule has 0 radical (unpaired) electrons. The lowest BCUT2D eigenvalue weighted by atomic mass is 10.3. The van der Waals surface area contributed by atoms with Crippen molar-refractivity contribution in [3.63, 3.8) is 0 Å². The topological polar surface area (TPSA) is 79.6 Å². The Kier molecular flexibility index (Phi) is 2.15. The Morgan fingerprint density at radius 2 is 1.94 bits per heavy atom. The van der Waals surface area contributed by atoms with Gasteiger partial charge in [0.15, 0.2) is 11.6 Å². The van der Waals surface area contributed by atoms with Crippen LogP contribution in [0.5, 0.6) is 0 Å². The number of aromatic nitrogens is 3. The maximum atomic E-state index is 5.57. The van der Waals surface area contributed by atoms with Crippen LogP contribution in [0.1, 0.15) is 0 Å². The number of nitrogens with one attached hydrogen (secondary N) is 2. The second-order valence-corrected chi connectivity index (χ2v) is 3.71. The van der Waals surface area contributed by atoms with Crippen LogP contribution in [-0.4, -0.2) is 15.0 Å². The van der Waals surface area contributed by atoms with Gasteiger partial charge >= 0.3 is 0 Å². The molecule has 0 aliphatic rings. The lowest BCUT2D eigenvalue weighted by Crippen LogP contribution is -1.90. The monoisotopic (exact) mass is 225 g/mol. The molecule has 0 bridgehead atoms. The predicted molar refractivity (Wildman–Crippen MR) is 68.0 cm³/mol. The van der Waals surface area contributed by atoms with E-state index in [-0.39, 0.29) is 0 Å². The zero-order valence-electron chi connectivity index (χ0n) is 9.01. The molecule has 0 amide bonds. The first kappa shape index (κ1) is 9.65. The first-order chi connectivity index (χ1) is 8.31. The second kappa shape index (κ2) is 3.79. The van der Waals surface area contributed by atoms with Gasteiger partial charge in [-0.1, -0.05) is 18.2 Å². The van der Waals surface area contributed by atoms with Crippen molar-refractivity contribution in [2.45, 2.75) is 0 Å². The Morgan fingerprint density at radius 3 is 2.76 bits per heavy atom. The molecule has 1 aromatic carbocycles. The number of fused-ring (bicyclic) bond motifs is 1. The molecule has 0 atom stereocenters. The van der Waals surface area contributed by atoms with E-state index in [0.717, 1.165) is 16.9 Å². The number of para-hydroxylation sites is 1. The largest absolute Gasteiger partial charge is 0.369 e. The van der Waals surface area contributed by atoms with Crippen molar-refractivity contribution >= 4 is 28.5 Å². The van der Waals surface area contributed by atoms with E-state index in [9.17, 15) is 0 Å². The normalized spacial score (nSPS) is 10.6. The highest BCUT2D eigenvalue weighted by atomic mass is 15.1. The summed E-state index contributed by atoms with van der Waals surface area (Å²) in [6.45, 7) is 0. The zero-order chi connectivity index (χ0) is 11.7. The van der Waals surface area contributed by atoms with Crippen LogP contribution in [-0.2, 0) is 0 Å². The first-order valence-electron chi connectivity index (χ1n) is 5.24. The Labute approximate surface area is 97.7 Å². The molecule has 0 aliphatic carbocycles. The van der Waals surface area contributed by atoms with Crippen LogP contribution in [0.4, 0.5) is 17.3 Å². The van der Waals surface area contributed by atoms with Crippen molar-refractivity contribution < 1.29 is 0 Å². The Balaban J connectivity index is 1.95. The van der Waals surface area contributed by atoms with Crippen LogP contribution in [0.15, 0.2) is 42.6 Å². The van der Waals surface area contributed by atoms with Crippen LogP contribution < -0.4 is 11.1 Å². The summed E-state index contributed by atoms with van der Waals surface area (Å²) in [5, 5.41) is 3.25. The Bertz CT molecular complexity index is 644. The summed E-state index contributed by atoms with van der Waals surface area (Å²) in [4.78, 5) is 11.2. The smallest absolute Gasteiger partial charge is 0.200 e. The molecule has 4 N–H and O–H groups in total. The standard InChI is InChI=1S/C12H11N5/c13-12-16-10-6-9(7-14-11(10)17-12)15-8-4-2-1-3-5-8/h1-7,15H,(H3,13,14,16,17). The van der Waals surface area contributed by atoms with Gasteiger partial charge in [0.25, 0.3) is 0 Å². The lowest BCUT2D eigenvalue weighted by Gasteiger charge is -2.04. The van der Waals surface area contributed by atoms with Crippen LogP contribution in [0, 0.1) is 0 Å². The number of rotatable bonds is 2. The van der Waals surface area contributed by atoms with E-state index < -0.39 is 0 Å². The molecule has 0 spiro atoms. The van der Waals surface area contributed by atoms with E-state index >= 15 is 0 Å². The third kappa shape index (κ3) is 1.90. The fourth-order valence-electron chi connectivity index (χ4n) is 1.68. The molecule has 5 heteroatoms. The van der Waals surface area contributed by atoms with Crippen molar-refractivity contribution in [3.05, 3.63) is 42.6 Å². The van der Waals surface area contributed by atoms with Crippen molar-refractivity contribution in [3.8, 4) is 0 Å². The highest BCUT2D eigenvalue weighted by molar-refractivity contribution is 5.77. The van der Waals surface area contributed by atoms with Crippen molar-refractivity contribution in [1.82, 2.24) is 15.0 Å².